The molecule has 0 rings (SSSR count). The van der Waals surface area contributed by atoms with Crippen LogP contribution in [0.25, 0.3) is 0 Å². The van der Waals surface area contributed by atoms with Crippen molar-refractivity contribution in [1.82, 2.24) is 4.90 Å². The zero-order valence-electron chi connectivity index (χ0n) is 18.7. The first-order valence-corrected chi connectivity index (χ1v) is 10.0. The van der Waals surface area contributed by atoms with E-state index < -0.39 is 0 Å². The van der Waals surface area contributed by atoms with E-state index in [-0.39, 0.29) is 16.8 Å². The van der Waals surface area contributed by atoms with Crippen molar-refractivity contribution >= 4 is 5.97 Å². The van der Waals surface area contributed by atoms with Crippen molar-refractivity contribution in [3.63, 3.8) is 0 Å². The first-order chi connectivity index (χ1) is 11.2. The van der Waals surface area contributed by atoms with Crippen LogP contribution in [0.4, 0.5) is 0 Å². The van der Waals surface area contributed by atoms with E-state index in [1.807, 2.05) is 46.7 Å². The molecule has 0 radical (unpaired) electrons. The van der Waals surface area contributed by atoms with Crippen LogP contribution in [0.1, 0.15) is 94.4 Å². The van der Waals surface area contributed by atoms with Crippen molar-refractivity contribution in [3.8, 4) is 0 Å². The molecule has 0 N–H and O–H groups in total. The average Bonchev–Trinajstić information content (AvgIpc) is 2.58. The molecule has 3 nitrogen and oxygen atoms in total. The molecule has 0 spiro atoms. The lowest BCUT2D eigenvalue weighted by Gasteiger charge is -2.37. The normalized spacial score (nSPS) is 13.2. The number of carbonyl (C=O) groups excluding carboxylic acids is 1. The SMILES string of the molecule is CC.CC.CCCC(C)(CC(C)(CC)CC)C(=O)OCCN(C)C. The molecule has 0 bridgehead atoms. The van der Waals surface area contributed by atoms with Crippen molar-refractivity contribution < 1.29 is 9.53 Å². The van der Waals surface area contributed by atoms with Gasteiger partial charge in [0, 0.05) is 6.54 Å². The summed E-state index contributed by atoms with van der Waals surface area (Å²) in [5.74, 6) is -0.0191. The molecule has 0 aliphatic heterocycles. The number of hydrogen-bond acceptors (Lipinski definition) is 3. The Morgan fingerprint density at radius 2 is 1.42 bits per heavy atom. The predicted octanol–water partition coefficient (Wildman–Crippen LogP) is 6.17. The van der Waals surface area contributed by atoms with Crippen LogP contribution in [0.15, 0.2) is 0 Å². The smallest absolute Gasteiger partial charge is 0.311 e. The second-order valence-electron chi connectivity index (χ2n) is 6.94. The van der Waals surface area contributed by atoms with Crippen molar-refractivity contribution in [2.75, 3.05) is 27.2 Å². The maximum atomic E-state index is 12.5. The minimum absolute atomic E-state index is 0.0191. The number of carbonyl (C=O) groups is 1. The number of esters is 1. The molecule has 0 fully saturated rings. The predicted molar refractivity (Wildman–Crippen MR) is 109 cm³/mol. The summed E-state index contributed by atoms with van der Waals surface area (Å²) in [5, 5.41) is 0. The second-order valence-corrected chi connectivity index (χ2v) is 6.94. The second kappa shape index (κ2) is 15.9. The third-order valence-corrected chi connectivity index (χ3v) is 4.59. The van der Waals surface area contributed by atoms with Crippen LogP contribution in [-0.4, -0.2) is 38.1 Å². The summed E-state index contributed by atoms with van der Waals surface area (Å²) >= 11 is 0. The first kappa shape index (κ1) is 28.2. The maximum absolute atomic E-state index is 12.5. The Morgan fingerprint density at radius 3 is 1.75 bits per heavy atom. The molecule has 24 heavy (non-hydrogen) atoms. The minimum atomic E-state index is -0.345. The summed E-state index contributed by atoms with van der Waals surface area (Å²) in [5.41, 5.74) is -0.119. The molecule has 0 amide bonds. The number of nitrogens with zero attached hydrogens (tertiary/aromatic N) is 1. The molecule has 0 heterocycles. The fourth-order valence-corrected chi connectivity index (χ4v) is 2.75. The average molecular weight is 346 g/mol. The van der Waals surface area contributed by atoms with Crippen molar-refractivity contribution in [1.29, 1.82) is 0 Å². The Morgan fingerprint density at radius 1 is 0.958 bits per heavy atom. The van der Waals surface area contributed by atoms with E-state index in [1.165, 1.54) is 0 Å². The highest BCUT2D eigenvalue weighted by Gasteiger charge is 2.39. The van der Waals surface area contributed by atoms with Crippen LogP contribution in [0.2, 0.25) is 0 Å². The van der Waals surface area contributed by atoms with Gasteiger partial charge in [0.1, 0.15) is 6.61 Å². The molecular formula is C21H47NO2. The van der Waals surface area contributed by atoms with Gasteiger partial charge in [-0.15, -0.1) is 0 Å². The molecule has 0 saturated carbocycles. The Hall–Kier alpha value is -0.570. The van der Waals surface area contributed by atoms with Gasteiger partial charge in [-0.25, -0.2) is 0 Å². The van der Waals surface area contributed by atoms with E-state index in [0.717, 1.165) is 38.6 Å². The van der Waals surface area contributed by atoms with Crippen LogP contribution < -0.4 is 0 Å². The third-order valence-electron chi connectivity index (χ3n) is 4.59. The monoisotopic (exact) mass is 345 g/mol. The van der Waals surface area contributed by atoms with Gasteiger partial charge < -0.3 is 9.64 Å². The molecule has 0 aromatic carbocycles. The fourth-order valence-electron chi connectivity index (χ4n) is 2.75. The summed E-state index contributed by atoms with van der Waals surface area (Å²) in [4.78, 5) is 14.5. The van der Waals surface area contributed by atoms with Gasteiger partial charge in [-0.2, -0.15) is 0 Å². The van der Waals surface area contributed by atoms with Gasteiger partial charge in [-0.05, 0) is 39.3 Å². The van der Waals surface area contributed by atoms with Crippen LogP contribution in [0.3, 0.4) is 0 Å². The molecule has 0 aromatic heterocycles. The summed E-state index contributed by atoms with van der Waals surface area (Å²) in [6.07, 6.45) is 5.05. The van der Waals surface area contributed by atoms with Crippen molar-refractivity contribution in [3.05, 3.63) is 0 Å². The summed E-state index contributed by atoms with van der Waals surface area (Å²) in [7, 11) is 3.98. The number of ether oxygens (including phenoxy) is 1. The Balaban J connectivity index is -0.00000102. The summed E-state index contributed by atoms with van der Waals surface area (Å²) < 4.78 is 5.52. The Labute approximate surface area is 153 Å². The molecular weight excluding hydrogens is 298 g/mol. The molecule has 0 saturated heterocycles. The molecule has 1 unspecified atom stereocenters. The summed E-state index contributed by atoms with van der Waals surface area (Å²) in [6, 6.07) is 0. The van der Waals surface area contributed by atoms with Gasteiger partial charge in [0.2, 0.25) is 0 Å². The van der Waals surface area contributed by atoms with Crippen LogP contribution in [-0.2, 0) is 9.53 Å². The van der Waals surface area contributed by atoms with E-state index in [1.54, 1.807) is 0 Å². The number of hydrogen-bond donors (Lipinski definition) is 0. The zero-order chi connectivity index (χ0) is 19.8. The first-order valence-electron chi connectivity index (χ1n) is 10.0. The van der Waals surface area contributed by atoms with Gasteiger partial charge in [-0.1, -0.05) is 74.7 Å². The molecule has 0 aromatic rings. The molecule has 0 aliphatic rings. The van der Waals surface area contributed by atoms with Gasteiger partial charge in [0.25, 0.3) is 0 Å². The third kappa shape index (κ3) is 11.9. The van der Waals surface area contributed by atoms with Crippen molar-refractivity contribution in [2.24, 2.45) is 10.8 Å². The highest BCUT2D eigenvalue weighted by Crippen LogP contribution is 2.42. The van der Waals surface area contributed by atoms with E-state index in [4.69, 9.17) is 4.74 Å². The van der Waals surface area contributed by atoms with Gasteiger partial charge >= 0.3 is 5.97 Å². The van der Waals surface area contributed by atoms with Crippen molar-refractivity contribution in [2.45, 2.75) is 94.4 Å². The molecule has 148 valence electrons. The van der Waals surface area contributed by atoms with E-state index >= 15 is 0 Å². The van der Waals surface area contributed by atoms with E-state index in [2.05, 4.69) is 34.6 Å². The van der Waals surface area contributed by atoms with Crippen LogP contribution >= 0.6 is 0 Å². The molecule has 3 heteroatoms. The Kier molecular flexibility index (Phi) is 18.7. The highest BCUT2D eigenvalue weighted by molar-refractivity contribution is 5.76. The Bertz CT molecular complexity index is 286. The minimum Gasteiger partial charge on any atom is -0.464 e. The quantitative estimate of drug-likeness (QED) is 0.444. The van der Waals surface area contributed by atoms with E-state index in [0.29, 0.717) is 6.61 Å². The molecule has 0 aliphatic carbocycles. The number of rotatable bonds is 10. The van der Waals surface area contributed by atoms with Crippen LogP contribution in [0.5, 0.6) is 0 Å². The number of likely N-dealkylation sites (N-methyl/N-ethyl adjacent to an activating group) is 1. The standard InChI is InChI=1S/C17H35NO2.2C2H6/c1-8-11-17(5,14-16(4,9-2)10-3)15(19)20-13-12-18(6)7;2*1-2/h8-14H2,1-7H3;2*1-2H3. The van der Waals surface area contributed by atoms with Gasteiger partial charge in [0.15, 0.2) is 0 Å². The topological polar surface area (TPSA) is 29.5 Å². The lowest BCUT2D eigenvalue weighted by atomic mass is 9.68. The highest BCUT2D eigenvalue weighted by atomic mass is 16.5. The van der Waals surface area contributed by atoms with E-state index in [9.17, 15) is 4.79 Å². The van der Waals surface area contributed by atoms with Gasteiger partial charge in [-0.3, -0.25) is 4.79 Å². The zero-order valence-corrected chi connectivity index (χ0v) is 18.7. The largest absolute Gasteiger partial charge is 0.464 e. The van der Waals surface area contributed by atoms with Gasteiger partial charge in [0.05, 0.1) is 5.41 Å². The lowest BCUT2D eigenvalue weighted by Crippen LogP contribution is -2.36. The summed E-state index contributed by atoms with van der Waals surface area (Å²) in [6.45, 7) is 20.2. The maximum Gasteiger partial charge on any atom is 0.311 e. The van der Waals surface area contributed by atoms with Crippen LogP contribution in [0, 0.1) is 10.8 Å². The fraction of sp³-hybridized carbons (Fsp3) is 0.952. The lowest BCUT2D eigenvalue weighted by molar-refractivity contribution is -0.158. The molecule has 1 atom stereocenters.